The Hall–Kier alpha value is -0.570. The molecule has 1 N–H and O–H groups in total. The van der Waals surface area contributed by atoms with Crippen LogP contribution in [0.5, 0.6) is 0 Å². The molecular formula is C24H38ClNO. The number of hydrogen-bond donors (Lipinski definition) is 1. The van der Waals surface area contributed by atoms with Crippen molar-refractivity contribution in [2.24, 2.45) is 5.92 Å². The van der Waals surface area contributed by atoms with Gasteiger partial charge in [0.15, 0.2) is 0 Å². The molecule has 2 aliphatic rings. The van der Waals surface area contributed by atoms with Crippen molar-refractivity contribution >= 4 is 11.6 Å². The van der Waals surface area contributed by atoms with Crippen LogP contribution in [-0.2, 0) is 6.42 Å². The Morgan fingerprint density at radius 3 is 2.22 bits per heavy atom. The van der Waals surface area contributed by atoms with E-state index in [0.29, 0.717) is 12.3 Å². The van der Waals surface area contributed by atoms with Crippen molar-refractivity contribution < 1.29 is 5.11 Å². The van der Waals surface area contributed by atoms with E-state index in [-0.39, 0.29) is 0 Å². The van der Waals surface area contributed by atoms with Crippen LogP contribution in [0.1, 0.15) is 82.6 Å². The highest BCUT2D eigenvalue weighted by molar-refractivity contribution is 6.31. The molecule has 0 radical (unpaired) electrons. The van der Waals surface area contributed by atoms with Crippen LogP contribution in [0.15, 0.2) is 24.3 Å². The molecule has 27 heavy (non-hydrogen) atoms. The lowest BCUT2D eigenvalue weighted by Crippen LogP contribution is -2.46. The monoisotopic (exact) mass is 391 g/mol. The van der Waals surface area contributed by atoms with Crippen LogP contribution in [0, 0.1) is 5.92 Å². The fourth-order valence-corrected chi connectivity index (χ4v) is 5.30. The number of hydrogen-bond acceptors (Lipinski definition) is 2. The summed E-state index contributed by atoms with van der Waals surface area (Å²) >= 11 is 6.48. The number of aliphatic hydroxyl groups is 1. The fraction of sp³-hybridized carbons (Fsp3) is 0.750. The summed E-state index contributed by atoms with van der Waals surface area (Å²) in [4.78, 5) is 2.59. The Labute approximate surface area is 171 Å². The van der Waals surface area contributed by atoms with Crippen molar-refractivity contribution in [2.75, 3.05) is 19.6 Å². The van der Waals surface area contributed by atoms with Crippen LogP contribution < -0.4 is 0 Å². The summed E-state index contributed by atoms with van der Waals surface area (Å²) in [5.74, 6) is 0.353. The maximum Gasteiger partial charge on any atom is 0.0728 e. The van der Waals surface area contributed by atoms with Gasteiger partial charge in [0.25, 0.3) is 0 Å². The van der Waals surface area contributed by atoms with E-state index >= 15 is 0 Å². The highest BCUT2D eigenvalue weighted by Crippen LogP contribution is 2.36. The number of likely N-dealkylation sites (tertiary alicyclic amines) is 1. The van der Waals surface area contributed by atoms with Crippen LogP contribution in [0.4, 0.5) is 0 Å². The van der Waals surface area contributed by atoms with Gasteiger partial charge in [0.2, 0.25) is 0 Å². The quantitative estimate of drug-likeness (QED) is 0.656. The number of nitrogens with zero attached hydrogens (tertiary/aromatic N) is 1. The molecule has 0 spiro atoms. The first-order valence-corrected chi connectivity index (χ1v) is 11.7. The van der Waals surface area contributed by atoms with Gasteiger partial charge in [0.05, 0.1) is 5.60 Å². The summed E-state index contributed by atoms with van der Waals surface area (Å²) in [5, 5.41) is 12.8. The molecule has 2 nitrogen and oxygen atoms in total. The van der Waals surface area contributed by atoms with E-state index in [9.17, 15) is 5.11 Å². The topological polar surface area (TPSA) is 23.5 Å². The van der Waals surface area contributed by atoms with E-state index < -0.39 is 5.60 Å². The van der Waals surface area contributed by atoms with Crippen molar-refractivity contribution in [3.05, 3.63) is 34.9 Å². The average Bonchev–Trinajstić information content (AvgIpc) is 3.16. The van der Waals surface area contributed by atoms with Crippen LogP contribution in [0.25, 0.3) is 0 Å². The van der Waals surface area contributed by atoms with E-state index in [0.717, 1.165) is 36.4 Å². The predicted octanol–water partition coefficient (Wildman–Crippen LogP) is 6.24. The van der Waals surface area contributed by atoms with Crippen LogP contribution in [-0.4, -0.2) is 35.2 Å². The Kier molecular flexibility index (Phi) is 8.48. The van der Waals surface area contributed by atoms with Crippen molar-refractivity contribution in [2.45, 2.75) is 89.1 Å². The van der Waals surface area contributed by atoms with Crippen molar-refractivity contribution in [1.29, 1.82) is 0 Å². The third-order valence-corrected chi connectivity index (χ3v) is 7.17. The predicted molar refractivity (Wildman–Crippen MR) is 115 cm³/mol. The maximum atomic E-state index is 12.0. The van der Waals surface area contributed by atoms with Crippen LogP contribution in [0.2, 0.25) is 5.02 Å². The van der Waals surface area contributed by atoms with Gasteiger partial charge in [0.1, 0.15) is 0 Å². The number of halogens is 1. The molecule has 0 aromatic heterocycles. The normalized spacial score (nSPS) is 29.2. The second kappa shape index (κ2) is 10.8. The summed E-state index contributed by atoms with van der Waals surface area (Å²) in [5.41, 5.74) is 0.479. The van der Waals surface area contributed by atoms with Crippen molar-refractivity contribution in [3.63, 3.8) is 0 Å². The third-order valence-electron chi connectivity index (χ3n) is 6.80. The second-order valence-corrected chi connectivity index (χ2v) is 9.35. The molecule has 0 bridgehead atoms. The summed E-state index contributed by atoms with van der Waals surface area (Å²) in [6.07, 6.45) is 15.8. The fourth-order valence-electron chi connectivity index (χ4n) is 5.10. The Bertz CT molecular complexity index is 557. The Balaban J connectivity index is 1.78. The molecule has 1 heterocycles. The molecule has 1 aliphatic carbocycles. The van der Waals surface area contributed by atoms with Gasteiger partial charge >= 0.3 is 0 Å². The average molecular weight is 392 g/mol. The van der Waals surface area contributed by atoms with E-state index in [1.54, 1.807) is 0 Å². The molecule has 152 valence electrons. The molecule has 2 fully saturated rings. The van der Waals surface area contributed by atoms with Gasteiger partial charge < -0.3 is 10.0 Å². The maximum absolute atomic E-state index is 12.0. The van der Waals surface area contributed by atoms with Gasteiger partial charge in [-0.15, -0.1) is 0 Å². The molecule has 2 atom stereocenters. The molecule has 3 heteroatoms. The van der Waals surface area contributed by atoms with Crippen molar-refractivity contribution in [3.8, 4) is 0 Å². The lowest BCUT2D eigenvalue weighted by molar-refractivity contribution is -0.0427. The van der Waals surface area contributed by atoms with Gasteiger partial charge in [-0.2, -0.15) is 0 Å². The lowest BCUT2D eigenvalue weighted by Gasteiger charge is -2.39. The van der Waals surface area contributed by atoms with Gasteiger partial charge in [-0.05, 0) is 50.4 Å². The van der Waals surface area contributed by atoms with Gasteiger partial charge in [-0.1, -0.05) is 81.2 Å². The smallest absolute Gasteiger partial charge is 0.0728 e. The zero-order chi connectivity index (χ0) is 19.0. The van der Waals surface area contributed by atoms with Crippen molar-refractivity contribution in [1.82, 2.24) is 4.90 Å². The zero-order valence-corrected chi connectivity index (χ0v) is 17.7. The third kappa shape index (κ3) is 6.48. The first-order valence-electron chi connectivity index (χ1n) is 11.4. The van der Waals surface area contributed by atoms with E-state index in [4.69, 9.17) is 11.6 Å². The Morgan fingerprint density at radius 1 is 0.889 bits per heavy atom. The van der Waals surface area contributed by atoms with Crippen LogP contribution >= 0.6 is 11.6 Å². The summed E-state index contributed by atoms with van der Waals surface area (Å²) in [6, 6.07) is 8.10. The summed E-state index contributed by atoms with van der Waals surface area (Å²) in [7, 11) is 0. The molecule has 1 saturated heterocycles. The molecular weight excluding hydrogens is 354 g/mol. The largest absolute Gasteiger partial charge is 0.389 e. The molecule has 2 unspecified atom stereocenters. The molecule has 1 aromatic carbocycles. The molecule has 0 amide bonds. The van der Waals surface area contributed by atoms with E-state index in [2.05, 4.69) is 17.0 Å². The lowest BCUT2D eigenvalue weighted by atomic mass is 9.75. The van der Waals surface area contributed by atoms with Crippen LogP contribution in [0.3, 0.4) is 0 Å². The van der Waals surface area contributed by atoms with Gasteiger partial charge in [0, 0.05) is 23.9 Å². The highest BCUT2D eigenvalue weighted by atomic mass is 35.5. The minimum Gasteiger partial charge on any atom is -0.389 e. The zero-order valence-electron chi connectivity index (χ0n) is 17.0. The second-order valence-electron chi connectivity index (χ2n) is 8.94. The molecule has 1 aliphatic heterocycles. The van der Waals surface area contributed by atoms with E-state index in [1.807, 2.05) is 12.1 Å². The minimum absolute atomic E-state index is 0.353. The Morgan fingerprint density at radius 2 is 1.52 bits per heavy atom. The van der Waals surface area contributed by atoms with Gasteiger partial charge in [-0.3, -0.25) is 0 Å². The summed E-state index contributed by atoms with van der Waals surface area (Å²) < 4.78 is 0. The SMILES string of the molecule is OC1(Cc2ccccc2Cl)CCCCCCCCCCC1CN1CCCC1. The molecule has 1 aromatic rings. The number of rotatable bonds is 4. The minimum atomic E-state index is -0.632. The first-order chi connectivity index (χ1) is 13.2. The highest BCUT2D eigenvalue weighted by Gasteiger charge is 2.37. The standard InChI is InChI=1S/C24H38ClNO/c25-23-15-9-8-13-21(23)19-24(27)16-10-6-4-2-1-3-5-7-14-22(24)20-26-17-11-12-18-26/h8-9,13,15,22,27H,1-7,10-12,14,16-20H2. The van der Waals surface area contributed by atoms with E-state index in [1.165, 1.54) is 70.9 Å². The molecule has 3 rings (SSSR count). The first kappa shape index (κ1) is 21.1. The molecule has 1 saturated carbocycles. The van der Waals surface area contributed by atoms with Gasteiger partial charge in [-0.25, -0.2) is 0 Å². The summed E-state index contributed by atoms with van der Waals surface area (Å²) in [6.45, 7) is 3.47. The number of benzene rings is 1.